The SMILES string of the molecule is O=C(O)/C=C/c1cccc(S(=O)(=O)NCC2CCCS2)c1. The Morgan fingerprint density at radius 2 is 2.29 bits per heavy atom. The van der Waals surface area contributed by atoms with Crippen molar-refractivity contribution in [2.75, 3.05) is 12.3 Å². The lowest BCUT2D eigenvalue weighted by Gasteiger charge is -2.11. The first-order chi connectivity index (χ1) is 9.97. The van der Waals surface area contributed by atoms with Crippen LogP contribution in [0.25, 0.3) is 6.08 Å². The van der Waals surface area contributed by atoms with Crippen LogP contribution in [0.15, 0.2) is 35.2 Å². The maximum absolute atomic E-state index is 12.2. The zero-order valence-electron chi connectivity index (χ0n) is 11.4. The van der Waals surface area contributed by atoms with E-state index in [2.05, 4.69) is 4.72 Å². The van der Waals surface area contributed by atoms with Gasteiger partial charge in [0.25, 0.3) is 0 Å². The van der Waals surface area contributed by atoms with E-state index >= 15 is 0 Å². The molecule has 1 aliphatic heterocycles. The first kappa shape index (κ1) is 16.1. The summed E-state index contributed by atoms with van der Waals surface area (Å²) < 4.78 is 27.1. The molecule has 0 bridgehead atoms. The van der Waals surface area contributed by atoms with Crippen LogP contribution in [-0.2, 0) is 14.8 Å². The minimum atomic E-state index is -3.55. The Hall–Kier alpha value is -1.31. The number of hydrogen-bond acceptors (Lipinski definition) is 4. The highest BCUT2D eigenvalue weighted by Gasteiger charge is 2.20. The molecular weight excluding hydrogens is 310 g/mol. The average molecular weight is 327 g/mol. The van der Waals surface area contributed by atoms with E-state index in [9.17, 15) is 13.2 Å². The van der Waals surface area contributed by atoms with Gasteiger partial charge in [0.2, 0.25) is 10.0 Å². The third-order valence-corrected chi connectivity index (χ3v) is 5.93. The lowest BCUT2D eigenvalue weighted by Crippen LogP contribution is -2.29. The van der Waals surface area contributed by atoms with Gasteiger partial charge < -0.3 is 5.11 Å². The van der Waals surface area contributed by atoms with Crippen molar-refractivity contribution in [3.05, 3.63) is 35.9 Å². The Morgan fingerprint density at radius 1 is 1.48 bits per heavy atom. The molecule has 1 aliphatic rings. The molecule has 0 saturated carbocycles. The quantitative estimate of drug-likeness (QED) is 0.780. The van der Waals surface area contributed by atoms with Crippen molar-refractivity contribution in [3.8, 4) is 0 Å². The molecule has 1 atom stereocenters. The number of hydrogen-bond donors (Lipinski definition) is 2. The summed E-state index contributed by atoms with van der Waals surface area (Å²) in [5.41, 5.74) is 0.538. The third-order valence-electron chi connectivity index (χ3n) is 3.11. The fourth-order valence-electron chi connectivity index (χ4n) is 2.04. The molecule has 2 rings (SSSR count). The predicted octanol–water partition coefficient (Wildman–Crippen LogP) is 1.96. The third kappa shape index (κ3) is 4.87. The Balaban J connectivity index is 2.08. The monoisotopic (exact) mass is 327 g/mol. The van der Waals surface area contributed by atoms with Gasteiger partial charge in [0.05, 0.1) is 4.90 Å². The van der Waals surface area contributed by atoms with Crippen molar-refractivity contribution >= 4 is 33.8 Å². The second kappa shape index (κ2) is 7.11. The van der Waals surface area contributed by atoms with Gasteiger partial charge in [-0.1, -0.05) is 12.1 Å². The summed E-state index contributed by atoms with van der Waals surface area (Å²) in [7, 11) is -3.55. The summed E-state index contributed by atoms with van der Waals surface area (Å²) in [4.78, 5) is 10.6. The van der Waals surface area contributed by atoms with Crippen molar-refractivity contribution < 1.29 is 18.3 Å². The first-order valence-electron chi connectivity index (χ1n) is 6.60. The fourth-order valence-corrected chi connectivity index (χ4v) is 4.49. The van der Waals surface area contributed by atoms with Gasteiger partial charge in [0.15, 0.2) is 0 Å². The van der Waals surface area contributed by atoms with E-state index in [0.29, 0.717) is 17.4 Å². The van der Waals surface area contributed by atoms with E-state index in [1.807, 2.05) is 0 Å². The molecule has 1 heterocycles. The molecule has 0 aliphatic carbocycles. The van der Waals surface area contributed by atoms with Crippen molar-refractivity contribution in [3.63, 3.8) is 0 Å². The van der Waals surface area contributed by atoms with Gasteiger partial charge in [0, 0.05) is 17.9 Å². The van der Waals surface area contributed by atoms with Crippen LogP contribution in [0.1, 0.15) is 18.4 Å². The van der Waals surface area contributed by atoms with Crippen LogP contribution in [0.2, 0.25) is 0 Å². The van der Waals surface area contributed by atoms with Crippen molar-refractivity contribution in [2.24, 2.45) is 0 Å². The van der Waals surface area contributed by atoms with Gasteiger partial charge in [-0.3, -0.25) is 0 Å². The minimum absolute atomic E-state index is 0.151. The van der Waals surface area contributed by atoms with E-state index in [-0.39, 0.29) is 4.90 Å². The van der Waals surface area contributed by atoms with Crippen molar-refractivity contribution in [2.45, 2.75) is 23.0 Å². The molecular formula is C14H17NO4S2. The van der Waals surface area contributed by atoms with E-state index in [1.165, 1.54) is 18.2 Å². The Bertz CT molecular complexity index is 634. The number of nitrogens with one attached hydrogen (secondary N) is 1. The molecule has 1 aromatic rings. The number of sulfonamides is 1. The van der Waals surface area contributed by atoms with Gasteiger partial charge in [0.1, 0.15) is 0 Å². The van der Waals surface area contributed by atoms with Gasteiger partial charge in [-0.15, -0.1) is 0 Å². The van der Waals surface area contributed by atoms with E-state index < -0.39 is 16.0 Å². The van der Waals surface area contributed by atoms with Crippen LogP contribution in [0.5, 0.6) is 0 Å². The summed E-state index contributed by atoms with van der Waals surface area (Å²) in [6.07, 6.45) is 4.52. The topological polar surface area (TPSA) is 83.5 Å². The molecule has 21 heavy (non-hydrogen) atoms. The Kier molecular flexibility index (Phi) is 5.44. The van der Waals surface area contributed by atoms with Crippen LogP contribution in [0.4, 0.5) is 0 Å². The predicted molar refractivity (Wildman–Crippen MR) is 83.8 cm³/mol. The highest BCUT2D eigenvalue weighted by Crippen LogP contribution is 2.25. The number of carboxylic acid groups (broad SMARTS) is 1. The van der Waals surface area contributed by atoms with Crippen LogP contribution >= 0.6 is 11.8 Å². The summed E-state index contributed by atoms with van der Waals surface area (Å²) in [5.74, 6) is 0.0154. The van der Waals surface area contributed by atoms with Crippen molar-refractivity contribution in [1.82, 2.24) is 4.72 Å². The second-order valence-corrected chi connectivity index (χ2v) is 7.91. The summed E-state index contributed by atoms with van der Waals surface area (Å²) in [6, 6.07) is 6.22. The Labute approximate surface area is 128 Å². The molecule has 7 heteroatoms. The zero-order chi connectivity index (χ0) is 15.3. The maximum Gasteiger partial charge on any atom is 0.328 e. The van der Waals surface area contributed by atoms with Gasteiger partial charge in [-0.2, -0.15) is 11.8 Å². The fraction of sp³-hybridized carbons (Fsp3) is 0.357. The number of rotatable bonds is 6. The van der Waals surface area contributed by atoms with Gasteiger partial charge in [-0.05, 0) is 42.4 Å². The zero-order valence-corrected chi connectivity index (χ0v) is 13.0. The lowest BCUT2D eigenvalue weighted by molar-refractivity contribution is -0.131. The first-order valence-corrected chi connectivity index (χ1v) is 9.13. The molecule has 1 aromatic carbocycles. The summed E-state index contributed by atoms with van der Waals surface area (Å²) in [6.45, 7) is 0.433. The minimum Gasteiger partial charge on any atom is -0.478 e. The molecule has 0 aromatic heterocycles. The molecule has 114 valence electrons. The highest BCUT2D eigenvalue weighted by molar-refractivity contribution is 8.00. The van der Waals surface area contributed by atoms with Crippen LogP contribution in [-0.4, -0.2) is 37.0 Å². The number of aliphatic carboxylic acids is 1. The standard InChI is InChI=1S/C14H17NO4S2/c16-14(17)7-6-11-3-1-5-13(9-11)21(18,19)15-10-12-4-2-8-20-12/h1,3,5-7,9,12,15H,2,4,8,10H2,(H,16,17)/b7-6+. The normalized spacial score (nSPS) is 19.1. The van der Waals surface area contributed by atoms with Crippen molar-refractivity contribution in [1.29, 1.82) is 0 Å². The second-order valence-electron chi connectivity index (χ2n) is 4.73. The molecule has 0 spiro atoms. The number of carbonyl (C=O) groups is 1. The number of thioether (sulfide) groups is 1. The maximum atomic E-state index is 12.2. The molecule has 1 saturated heterocycles. The van der Waals surface area contributed by atoms with Gasteiger partial charge in [-0.25, -0.2) is 17.9 Å². The Morgan fingerprint density at radius 3 is 2.95 bits per heavy atom. The largest absolute Gasteiger partial charge is 0.478 e. The van der Waals surface area contributed by atoms with Crippen LogP contribution < -0.4 is 4.72 Å². The molecule has 1 fully saturated rings. The van der Waals surface area contributed by atoms with Crippen LogP contribution in [0.3, 0.4) is 0 Å². The molecule has 1 unspecified atom stereocenters. The number of benzene rings is 1. The molecule has 5 nitrogen and oxygen atoms in total. The summed E-state index contributed by atoms with van der Waals surface area (Å²) >= 11 is 1.79. The molecule has 2 N–H and O–H groups in total. The average Bonchev–Trinajstić information content (AvgIpc) is 2.97. The summed E-state index contributed by atoms with van der Waals surface area (Å²) in [5, 5.41) is 8.93. The number of carboxylic acids is 1. The van der Waals surface area contributed by atoms with Crippen LogP contribution in [0, 0.1) is 0 Å². The lowest BCUT2D eigenvalue weighted by atomic mass is 10.2. The van der Waals surface area contributed by atoms with E-state index in [4.69, 9.17) is 5.11 Å². The highest BCUT2D eigenvalue weighted by atomic mass is 32.2. The van der Waals surface area contributed by atoms with E-state index in [0.717, 1.165) is 24.7 Å². The van der Waals surface area contributed by atoms with Gasteiger partial charge >= 0.3 is 5.97 Å². The van der Waals surface area contributed by atoms with E-state index in [1.54, 1.807) is 23.9 Å². The smallest absolute Gasteiger partial charge is 0.328 e. The molecule has 0 amide bonds. The molecule has 0 radical (unpaired) electrons.